The Hall–Kier alpha value is -1.55. The standard InChI is InChI=1S/C16H24N2O2/c1-18(12-13-20-14-8-4-2-5-9-14)15(19)16(17)10-6-3-7-11-16/h2,4-5,8-9H,3,6-7,10-13,17H2,1H3. The SMILES string of the molecule is CN(CCOc1ccccc1)C(=O)C1(N)CCCCC1. The van der Waals surface area contributed by atoms with Crippen LogP contribution in [0.4, 0.5) is 0 Å². The summed E-state index contributed by atoms with van der Waals surface area (Å²) in [5.41, 5.74) is 5.60. The fraction of sp³-hybridized carbons (Fsp3) is 0.562. The molecule has 0 saturated heterocycles. The average Bonchev–Trinajstić information content (AvgIpc) is 2.48. The van der Waals surface area contributed by atoms with Gasteiger partial charge in [-0.1, -0.05) is 37.5 Å². The van der Waals surface area contributed by atoms with E-state index in [1.54, 1.807) is 11.9 Å². The minimum atomic E-state index is -0.653. The van der Waals surface area contributed by atoms with Gasteiger partial charge in [-0.2, -0.15) is 0 Å². The number of carbonyl (C=O) groups is 1. The van der Waals surface area contributed by atoms with E-state index in [-0.39, 0.29) is 5.91 Å². The lowest BCUT2D eigenvalue weighted by molar-refractivity contribution is -0.137. The maximum absolute atomic E-state index is 12.4. The van der Waals surface area contributed by atoms with Gasteiger partial charge in [0.25, 0.3) is 0 Å². The lowest BCUT2D eigenvalue weighted by Crippen LogP contribution is -2.55. The van der Waals surface area contributed by atoms with Crippen molar-refractivity contribution in [2.75, 3.05) is 20.2 Å². The summed E-state index contributed by atoms with van der Waals surface area (Å²) in [7, 11) is 1.81. The first-order valence-corrected chi connectivity index (χ1v) is 7.34. The molecule has 1 aliphatic carbocycles. The van der Waals surface area contributed by atoms with Crippen molar-refractivity contribution >= 4 is 5.91 Å². The van der Waals surface area contributed by atoms with Crippen LogP contribution in [-0.4, -0.2) is 36.5 Å². The van der Waals surface area contributed by atoms with Crippen LogP contribution < -0.4 is 10.5 Å². The van der Waals surface area contributed by atoms with Crippen molar-refractivity contribution in [2.24, 2.45) is 5.73 Å². The van der Waals surface area contributed by atoms with Crippen LogP contribution in [0.2, 0.25) is 0 Å². The lowest BCUT2D eigenvalue weighted by Gasteiger charge is -2.35. The fourth-order valence-electron chi connectivity index (χ4n) is 2.70. The van der Waals surface area contributed by atoms with Crippen molar-refractivity contribution in [3.63, 3.8) is 0 Å². The van der Waals surface area contributed by atoms with Gasteiger partial charge in [-0.3, -0.25) is 4.79 Å². The molecule has 2 N–H and O–H groups in total. The molecule has 1 aromatic carbocycles. The van der Waals surface area contributed by atoms with Crippen LogP contribution in [0.15, 0.2) is 30.3 Å². The highest BCUT2D eigenvalue weighted by atomic mass is 16.5. The van der Waals surface area contributed by atoms with Gasteiger partial charge < -0.3 is 15.4 Å². The first-order chi connectivity index (χ1) is 9.62. The summed E-state index contributed by atoms with van der Waals surface area (Å²) >= 11 is 0. The molecule has 0 unspecified atom stereocenters. The summed E-state index contributed by atoms with van der Waals surface area (Å²) in [5, 5.41) is 0. The first kappa shape index (κ1) is 14.9. The van der Waals surface area contributed by atoms with Crippen LogP contribution in [0, 0.1) is 0 Å². The quantitative estimate of drug-likeness (QED) is 0.897. The topological polar surface area (TPSA) is 55.6 Å². The van der Waals surface area contributed by atoms with Crippen molar-refractivity contribution < 1.29 is 9.53 Å². The molecule has 0 heterocycles. The Kier molecular flexibility index (Phi) is 5.01. The predicted molar refractivity (Wildman–Crippen MR) is 79.6 cm³/mol. The van der Waals surface area contributed by atoms with E-state index in [1.165, 1.54) is 6.42 Å². The molecule has 0 aliphatic heterocycles. The first-order valence-electron chi connectivity index (χ1n) is 7.34. The molecule has 0 atom stereocenters. The van der Waals surface area contributed by atoms with Gasteiger partial charge >= 0.3 is 0 Å². The Morgan fingerprint density at radius 3 is 2.55 bits per heavy atom. The highest BCUT2D eigenvalue weighted by molar-refractivity contribution is 5.86. The van der Waals surface area contributed by atoms with E-state index >= 15 is 0 Å². The number of nitrogens with two attached hydrogens (primary N) is 1. The van der Waals surface area contributed by atoms with Crippen molar-refractivity contribution in [1.82, 2.24) is 4.90 Å². The Morgan fingerprint density at radius 1 is 1.25 bits per heavy atom. The van der Waals surface area contributed by atoms with Gasteiger partial charge in [-0.05, 0) is 25.0 Å². The van der Waals surface area contributed by atoms with Gasteiger partial charge in [0.2, 0.25) is 5.91 Å². The summed E-state index contributed by atoms with van der Waals surface area (Å²) in [6.45, 7) is 1.05. The molecule has 1 fully saturated rings. The largest absolute Gasteiger partial charge is 0.492 e. The number of amides is 1. The van der Waals surface area contributed by atoms with Gasteiger partial charge in [0.05, 0.1) is 12.1 Å². The molecule has 1 aliphatic rings. The molecular weight excluding hydrogens is 252 g/mol. The number of hydrogen-bond acceptors (Lipinski definition) is 3. The number of ether oxygens (including phenoxy) is 1. The zero-order chi connectivity index (χ0) is 14.4. The number of hydrogen-bond donors (Lipinski definition) is 1. The molecule has 2 rings (SSSR count). The van der Waals surface area contributed by atoms with E-state index in [4.69, 9.17) is 10.5 Å². The average molecular weight is 276 g/mol. The summed E-state index contributed by atoms with van der Waals surface area (Å²) in [6.07, 6.45) is 4.89. The maximum Gasteiger partial charge on any atom is 0.242 e. The number of likely N-dealkylation sites (N-methyl/N-ethyl adjacent to an activating group) is 1. The van der Waals surface area contributed by atoms with E-state index in [0.29, 0.717) is 13.2 Å². The van der Waals surface area contributed by atoms with E-state index in [0.717, 1.165) is 31.4 Å². The second-order valence-electron chi connectivity index (χ2n) is 5.61. The molecule has 110 valence electrons. The van der Waals surface area contributed by atoms with Crippen molar-refractivity contribution in [3.05, 3.63) is 30.3 Å². The maximum atomic E-state index is 12.4. The monoisotopic (exact) mass is 276 g/mol. The van der Waals surface area contributed by atoms with Crippen LogP contribution in [0.1, 0.15) is 32.1 Å². The molecule has 1 aromatic rings. The van der Waals surface area contributed by atoms with Crippen LogP contribution in [-0.2, 0) is 4.79 Å². The van der Waals surface area contributed by atoms with Crippen LogP contribution in [0.3, 0.4) is 0 Å². The second kappa shape index (κ2) is 6.75. The zero-order valence-corrected chi connectivity index (χ0v) is 12.2. The van der Waals surface area contributed by atoms with Gasteiger partial charge in [-0.15, -0.1) is 0 Å². The molecule has 0 aromatic heterocycles. The molecule has 1 saturated carbocycles. The number of para-hydroxylation sites is 1. The third-order valence-electron chi connectivity index (χ3n) is 3.96. The summed E-state index contributed by atoms with van der Waals surface area (Å²) < 4.78 is 5.61. The Bertz CT molecular complexity index is 427. The second-order valence-corrected chi connectivity index (χ2v) is 5.61. The minimum absolute atomic E-state index is 0.0499. The third-order valence-corrected chi connectivity index (χ3v) is 3.96. The van der Waals surface area contributed by atoms with Gasteiger partial charge in [0.1, 0.15) is 12.4 Å². The van der Waals surface area contributed by atoms with Crippen molar-refractivity contribution in [2.45, 2.75) is 37.6 Å². The summed E-state index contributed by atoms with van der Waals surface area (Å²) in [5.74, 6) is 0.877. The van der Waals surface area contributed by atoms with Gasteiger partial charge in [0, 0.05) is 7.05 Å². The molecule has 4 heteroatoms. The minimum Gasteiger partial charge on any atom is -0.492 e. The Balaban J connectivity index is 1.79. The zero-order valence-electron chi connectivity index (χ0n) is 12.2. The van der Waals surface area contributed by atoms with E-state index in [9.17, 15) is 4.79 Å². The number of rotatable bonds is 5. The Labute approximate surface area is 120 Å². The molecule has 0 radical (unpaired) electrons. The van der Waals surface area contributed by atoms with Crippen LogP contribution in [0.25, 0.3) is 0 Å². The lowest BCUT2D eigenvalue weighted by atomic mass is 9.81. The molecule has 0 spiro atoms. The van der Waals surface area contributed by atoms with E-state index in [1.807, 2.05) is 30.3 Å². The molecule has 1 amide bonds. The highest BCUT2D eigenvalue weighted by Crippen LogP contribution is 2.27. The third kappa shape index (κ3) is 3.73. The van der Waals surface area contributed by atoms with Crippen LogP contribution in [0.5, 0.6) is 5.75 Å². The summed E-state index contributed by atoms with van der Waals surface area (Å²) in [4.78, 5) is 14.1. The smallest absolute Gasteiger partial charge is 0.242 e. The molecule has 20 heavy (non-hydrogen) atoms. The van der Waals surface area contributed by atoms with Crippen molar-refractivity contribution in [1.29, 1.82) is 0 Å². The Morgan fingerprint density at radius 2 is 1.90 bits per heavy atom. The molecular formula is C16H24N2O2. The van der Waals surface area contributed by atoms with Crippen molar-refractivity contribution in [3.8, 4) is 5.75 Å². The number of carbonyl (C=O) groups excluding carboxylic acids is 1. The molecule has 4 nitrogen and oxygen atoms in total. The van der Waals surface area contributed by atoms with Gasteiger partial charge in [0.15, 0.2) is 0 Å². The van der Waals surface area contributed by atoms with Crippen LogP contribution >= 0.6 is 0 Å². The number of nitrogens with zero attached hydrogens (tertiary/aromatic N) is 1. The van der Waals surface area contributed by atoms with E-state index < -0.39 is 5.54 Å². The predicted octanol–water partition coefficient (Wildman–Crippen LogP) is 2.19. The molecule has 0 bridgehead atoms. The normalized spacial score (nSPS) is 17.5. The van der Waals surface area contributed by atoms with E-state index in [2.05, 4.69) is 0 Å². The summed E-state index contributed by atoms with van der Waals surface area (Å²) in [6, 6.07) is 9.63. The fourth-order valence-corrected chi connectivity index (χ4v) is 2.70. The highest BCUT2D eigenvalue weighted by Gasteiger charge is 2.37. The van der Waals surface area contributed by atoms with Gasteiger partial charge in [-0.25, -0.2) is 0 Å². The number of benzene rings is 1.